The highest BCUT2D eigenvalue weighted by molar-refractivity contribution is 6.31. The monoisotopic (exact) mass is 158 g/mol. The van der Waals surface area contributed by atoms with Crippen molar-refractivity contribution in [2.45, 2.75) is 6.42 Å². The summed E-state index contributed by atoms with van der Waals surface area (Å²) < 4.78 is 0. The minimum absolute atomic E-state index is 0.00386. The Balaban J connectivity index is 2.89. The summed E-state index contributed by atoms with van der Waals surface area (Å²) in [6.45, 7) is 0. The molecule has 0 amide bonds. The zero-order valence-corrected chi connectivity index (χ0v) is 5.84. The van der Waals surface area contributed by atoms with E-state index in [0.717, 1.165) is 0 Å². The van der Waals surface area contributed by atoms with Crippen LogP contribution in [0.4, 0.5) is 0 Å². The molecule has 10 heavy (non-hydrogen) atoms. The van der Waals surface area contributed by atoms with Gasteiger partial charge in [0.25, 0.3) is 5.70 Å². The van der Waals surface area contributed by atoms with E-state index in [1.807, 2.05) is 0 Å². The molecule has 0 aromatic rings. The second kappa shape index (κ2) is 2.84. The van der Waals surface area contributed by atoms with Crippen molar-refractivity contribution in [3.63, 3.8) is 0 Å². The smallest absolute Gasteiger partial charge is 0.259 e. The third-order valence-corrected chi connectivity index (χ3v) is 1.47. The lowest BCUT2D eigenvalue weighted by Gasteiger charge is -2.00. The van der Waals surface area contributed by atoms with Gasteiger partial charge >= 0.3 is 0 Å². The molecule has 0 unspecified atom stereocenters. The van der Waals surface area contributed by atoms with Crippen molar-refractivity contribution in [1.29, 1.82) is 0 Å². The van der Waals surface area contributed by atoms with Gasteiger partial charge in [-0.05, 0) is 12.5 Å². The molecule has 0 atom stereocenters. The highest BCUT2D eigenvalue weighted by Gasteiger charge is 2.17. The Morgan fingerprint density at radius 3 is 2.80 bits per heavy atom. The van der Waals surface area contributed by atoms with E-state index >= 15 is 0 Å². The Morgan fingerprint density at radius 2 is 2.40 bits per heavy atom. The van der Waals surface area contributed by atoms with E-state index in [4.69, 9.17) is 11.6 Å². The molecular weight excluding hydrogens is 154 g/mol. The predicted octanol–water partition coefficient (Wildman–Crippen LogP) is 1.88. The third-order valence-electron chi connectivity index (χ3n) is 1.15. The molecule has 0 aromatic heterocycles. The van der Waals surface area contributed by atoms with Crippen molar-refractivity contribution >= 4 is 11.6 Å². The molecule has 0 saturated heterocycles. The number of rotatable bonds is 1. The lowest BCUT2D eigenvalue weighted by Crippen LogP contribution is -2.02. The topological polar surface area (TPSA) is 43.1 Å². The number of nitrogens with zero attached hydrogens (tertiary/aromatic N) is 1. The van der Waals surface area contributed by atoms with Crippen LogP contribution in [0.5, 0.6) is 0 Å². The number of hydrogen-bond donors (Lipinski definition) is 0. The van der Waals surface area contributed by atoms with Gasteiger partial charge < -0.3 is 0 Å². The van der Waals surface area contributed by atoms with Gasteiger partial charge in [0, 0.05) is 0 Å². The molecule has 1 aliphatic rings. The first-order chi connectivity index (χ1) is 4.72. The van der Waals surface area contributed by atoms with Crippen LogP contribution < -0.4 is 0 Å². The van der Waals surface area contributed by atoms with E-state index in [1.165, 1.54) is 6.42 Å². The second-order valence-electron chi connectivity index (χ2n) is 1.83. The van der Waals surface area contributed by atoms with E-state index in [9.17, 15) is 10.1 Å². The number of allylic oxidation sites excluding steroid dienone is 4. The molecule has 0 saturated carbocycles. The van der Waals surface area contributed by atoms with Crippen LogP contribution in [-0.2, 0) is 0 Å². The zero-order valence-electron chi connectivity index (χ0n) is 5.08. The Kier molecular flexibility index (Phi) is 2.06. The Morgan fingerprint density at radius 1 is 1.70 bits per heavy atom. The summed E-state index contributed by atoms with van der Waals surface area (Å²) in [5.41, 5.74) is 0.00386. The van der Waals surface area contributed by atoms with Crippen molar-refractivity contribution in [2.75, 3.05) is 0 Å². The largest absolute Gasteiger partial charge is 0.268 e. The fourth-order valence-electron chi connectivity index (χ4n) is 0.696. The lowest BCUT2D eigenvalue weighted by molar-refractivity contribution is -0.422. The number of halogens is 1. The normalized spacial score (nSPS) is 17.7. The van der Waals surface area contributed by atoms with Gasteiger partial charge in [-0.3, -0.25) is 10.1 Å². The molecule has 0 heterocycles. The van der Waals surface area contributed by atoms with Gasteiger partial charge in [-0.15, -0.1) is 0 Å². The summed E-state index contributed by atoms with van der Waals surface area (Å²) in [4.78, 5) is 9.68. The van der Waals surface area contributed by atoms with E-state index in [1.54, 1.807) is 12.2 Å². The molecule has 53 valence electrons. The molecule has 0 aromatic carbocycles. The van der Waals surface area contributed by atoms with E-state index < -0.39 is 4.92 Å². The lowest BCUT2D eigenvalue weighted by atomic mass is 10.1. The van der Waals surface area contributed by atoms with Gasteiger partial charge in [-0.1, -0.05) is 17.7 Å². The fraction of sp³-hybridized carbons (Fsp3) is 0.167. The quantitative estimate of drug-likeness (QED) is 0.432. The summed E-state index contributed by atoms with van der Waals surface area (Å²) in [6, 6.07) is 0. The van der Waals surface area contributed by atoms with Crippen molar-refractivity contribution in [1.82, 2.24) is 0 Å². The fourth-order valence-corrected chi connectivity index (χ4v) is 0.931. The Labute approximate surface area is 63.1 Å². The van der Waals surface area contributed by atoms with Crippen LogP contribution in [0.25, 0.3) is 0 Å². The van der Waals surface area contributed by atoms with Crippen molar-refractivity contribution < 1.29 is 4.92 Å². The zero-order chi connectivity index (χ0) is 7.56. The summed E-state index contributed by atoms with van der Waals surface area (Å²) in [6.07, 6.45) is 5.39. The number of hydrogen-bond acceptors (Lipinski definition) is 2. The van der Waals surface area contributed by atoms with E-state index in [-0.39, 0.29) is 10.7 Å². The molecule has 0 aliphatic heterocycles. The molecule has 4 heteroatoms. The molecule has 0 N–H and O–H groups in total. The van der Waals surface area contributed by atoms with Crippen LogP contribution in [0.1, 0.15) is 6.42 Å². The SMILES string of the molecule is O=[N+]([O-])C1=C(Cl)C=CC[CH]1. The molecule has 0 spiro atoms. The van der Waals surface area contributed by atoms with Crippen molar-refractivity contribution in [2.24, 2.45) is 0 Å². The summed E-state index contributed by atoms with van der Waals surface area (Å²) in [5.74, 6) is 0. The summed E-state index contributed by atoms with van der Waals surface area (Å²) in [5, 5.41) is 10.4. The predicted molar refractivity (Wildman–Crippen MR) is 37.9 cm³/mol. The average molecular weight is 159 g/mol. The van der Waals surface area contributed by atoms with Gasteiger partial charge in [0.1, 0.15) is 5.03 Å². The molecule has 0 fully saturated rings. The van der Waals surface area contributed by atoms with Gasteiger partial charge in [0.15, 0.2) is 0 Å². The first-order valence-corrected chi connectivity index (χ1v) is 3.13. The highest BCUT2D eigenvalue weighted by atomic mass is 35.5. The third kappa shape index (κ3) is 1.36. The first-order valence-electron chi connectivity index (χ1n) is 2.75. The molecule has 1 rings (SSSR count). The van der Waals surface area contributed by atoms with Gasteiger partial charge in [-0.25, -0.2) is 0 Å². The second-order valence-corrected chi connectivity index (χ2v) is 2.24. The maximum atomic E-state index is 10.2. The van der Waals surface area contributed by atoms with Gasteiger partial charge in [0.05, 0.1) is 11.3 Å². The van der Waals surface area contributed by atoms with Crippen molar-refractivity contribution in [3.8, 4) is 0 Å². The standard InChI is InChI=1S/C6H5ClNO2/c7-5-3-1-2-4-6(5)8(9)10/h1,3-4H,2H2. The van der Waals surface area contributed by atoms with Gasteiger partial charge in [-0.2, -0.15) is 0 Å². The first kappa shape index (κ1) is 7.28. The summed E-state index contributed by atoms with van der Waals surface area (Å²) >= 11 is 5.50. The summed E-state index contributed by atoms with van der Waals surface area (Å²) in [7, 11) is 0. The Hall–Kier alpha value is -0.830. The van der Waals surface area contributed by atoms with E-state index in [2.05, 4.69) is 0 Å². The van der Waals surface area contributed by atoms with Crippen LogP contribution in [0, 0.1) is 16.5 Å². The minimum atomic E-state index is -0.480. The van der Waals surface area contributed by atoms with Crippen LogP contribution in [0.2, 0.25) is 0 Å². The Bertz CT molecular complexity index is 220. The molecule has 1 radical (unpaired) electrons. The number of nitro groups is 1. The van der Waals surface area contributed by atoms with Crippen LogP contribution in [0.15, 0.2) is 22.9 Å². The van der Waals surface area contributed by atoms with Crippen LogP contribution >= 0.6 is 11.6 Å². The van der Waals surface area contributed by atoms with Crippen LogP contribution in [0.3, 0.4) is 0 Å². The van der Waals surface area contributed by atoms with Crippen molar-refractivity contribution in [3.05, 3.63) is 39.4 Å². The maximum Gasteiger partial charge on any atom is 0.268 e. The van der Waals surface area contributed by atoms with E-state index in [0.29, 0.717) is 6.42 Å². The maximum absolute atomic E-state index is 10.2. The highest BCUT2D eigenvalue weighted by Crippen LogP contribution is 2.20. The molecule has 0 bridgehead atoms. The average Bonchev–Trinajstić information content (AvgIpc) is 1.88. The molecule has 3 nitrogen and oxygen atoms in total. The van der Waals surface area contributed by atoms with Crippen LogP contribution in [-0.4, -0.2) is 4.92 Å². The van der Waals surface area contributed by atoms with Gasteiger partial charge in [0.2, 0.25) is 0 Å². The molecular formula is C6H5ClNO2. The molecule has 1 aliphatic carbocycles. The minimum Gasteiger partial charge on any atom is -0.259 e.